The number of thiophene rings is 1. The summed E-state index contributed by atoms with van der Waals surface area (Å²) in [5.41, 5.74) is 21.1. The summed E-state index contributed by atoms with van der Waals surface area (Å²) in [5.74, 6) is 1.16. The Morgan fingerprint density at radius 1 is 0.532 bits per heavy atom. The van der Waals surface area contributed by atoms with Gasteiger partial charge in [0.25, 0.3) is 0 Å². The number of benzene rings is 9. The van der Waals surface area contributed by atoms with Crippen LogP contribution < -0.4 is 0 Å². The summed E-state index contributed by atoms with van der Waals surface area (Å²) in [6.45, 7) is 2.24. The highest BCUT2D eigenvalue weighted by Gasteiger charge is 2.24. The summed E-state index contributed by atoms with van der Waals surface area (Å²) in [7, 11) is 0. The normalized spacial score (nSPS) is 14.5. The van der Waals surface area contributed by atoms with E-state index in [0.717, 1.165) is 96.7 Å². The molecular formula is C72H51N3OS. The average Bonchev–Trinajstić information content (AvgIpc) is 4.34. The fraction of sp³-hybridized carbons (Fsp3) is 0.0833. The van der Waals surface area contributed by atoms with Crippen molar-refractivity contribution in [2.45, 2.75) is 32.6 Å². The lowest BCUT2D eigenvalue weighted by Gasteiger charge is -2.15. The molecule has 15 rings (SSSR count). The minimum absolute atomic E-state index is 0.489. The van der Waals surface area contributed by atoms with Crippen molar-refractivity contribution in [3.8, 4) is 67.2 Å². The minimum Gasteiger partial charge on any atom is -0.455 e. The molecule has 77 heavy (non-hydrogen) atoms. The molecule has 2 aliphatic rings. The lowest BCUT2D eigenvalue weighted by atomic mass is 9.92. The lowest BCUT2D eigenvalue weighted by molar-refractivity contribution is 0.654. The van der Waals surface area contributed by atoms with Gasteiger partial charge in [0, 0.05) is 48.5 Å². The zero-order chi connectivity index (χ0) is 51.0. The van der Waals surface area contributed by atoms with Crippen LogP contribution in [0.4, 0.5) is 0 Å². The molecule has 0 saturated heterocycles. The third kappa shape index (κ3) is 7.88. The van der Waals surface area contributed by atoms with Gasteiger partial charge in [0.15, 0.2) is 5.82 Å². The molecule has 9 aromatic carbocycles. The second kappa shape index (κ2) is 18.6. The van der Waals surface area contributed by atoms with Crippen molar-refractivity contribution in [3.63, 3.8) is 0 Å². The highest BCUT2D eigenvalue weighted by atomic mass is 32.1. The number of rotatable bonds is 9. The van der Waals surface area contributed by atoms with Gasteiger partial charge in [-0.1, -0.05) is 164 Å². The van der Waals surface area contributed by atoms with Gasteiger partial charge in [-0.05, 0) is 167 Å². The van der Waals surface area contributed by atoms with E-state index in [1.54, 1.807) is 11.3 Å². The van der Waals surface area contributed by atoms with Crippen molar-refractivity contribution in [1.82, 2.24) is 14.5 Å². The van der Waals surface area contributed by atoms with E-state index in [1.165, 1.54) is 71.1 Å². The number of nitrogens with zero attached hydrogens (tertiary/aromatic N) is 3. The number of aryl methyl sites for hydroxylation is 1. The van der Waals surface area contributed by atoms with Crippen molar-refractivity contribution in [3.05, 3.63) is 248 Å². The zero-order valence-corrected chi connectivity index (χ0v) is 43.4. The SMILES string of the molecule is Cc1cc(-c2cc(-c3ccccc3)cc(-c3ccccc3)c2)cc2c1sc1c(-c3cccc4c3oc3ccccc34)nc(-c3cccc(-c4cccc5c4c4cc(CC6C=CC=CC6)ccc4n5C4=CC=CCC4)c3)nc12. The van der Waals surface area contributed by atoms with Crippen LogP contribution in [0, 0.1) is 12.8 Å². The van der Waals surface area contributed by atoms with Crippen LogP contribution in [0.15, 0.2) is 241 Å². The molecule has 13 aromatic rings. The predicted molar refractivity (Wildman–Crippen MR) is 325 cm³/mol. The van der Waals surface area contributed by atoms with Crippen molar-refractivity contribution in [1.29, 1.82) is 0 Å². The first-order valence-electron chi connectivity index (χ1n) is 26.8. The maximum Gasteiger partial charge on any atom is 0.160 e. The smallest absolute Gasteiger partial charge is 0.160 e. The second-order valence-electron chi connectivity index (χ2n) is 20.8. The van der Waals surface area contributed by atoms with Gasteiger partial charge >= 0.3 is 0 Å². The fourth-order valence-corrected chi connectivity index (χ4v) is 13.4. The Kier molecular flexibility index (Phi) is 10.9. The molecule has 4 nitrogen and oxygen atoms in total. The third-order valence-corrected chi connectivity index (χ3v) is 17.2. The number of hydrogen-bond acceptors (Lipinski definition) is 4. The molecule has 1 atom stereocenters. The minimum atomic E-state index is 0.489. The van der Waals surface area contributed by atoms with Crippen LogP contribution in [0.3, 0.4) is 0 Å². The van der Waals surface area contributed by atoms with Crippen molar-refractivity contribution >= 4 is 81.1 Å². The van der Waals surface area contributed by atoms with E-state index < -0.39 is 0 Å². The first-order valence-corrected chi connectivity index (χ1v) is 27.7. The third-order valence-electron chi connectivity index (χ3n) is 15.9. The van der Waals surface area contributed by atoms with Crippen LogP contribution in [-0.2, 0) is 6.42 Å². The quantitative estimate of drug-likeness (QED) is 0.145. The van der Waals surface area contributed by atoms with E-state index in [0.29, 0.717) is 11.7 Å². The van der Waals surface area contributed by atoms with Crippen molar-refractivity contribution < 1.29 is 4.42 Å². The van der Waals surface area contributed by atoms with Crippen LogP contribution in [0.1, 0.15) is 30.4 Å². The van der Waals surface area contributed by atoms with Gasteiger partial charge in [0.1, 0.15) is 11.2 Å². The van der Waals surface area contributed by atoms with E-state index in [4.69, 9.17) is 14.4 Å². The topological polar surface area (TPSA) is 43.9 Å². The van der Waals surface area contributed by atoms with Gasteiger partial charge in [-0.15, -0.1) is 11.3 Å². The van der Waals surface area contributed by atoms with Crippen LogP contribution in [0.2, 0.25) is 0 Å². The van der Waals surface area contributed by atoms with E-state index in [9.17, 15) is 0 Å². The summed E-state index contributed by atoms with van der Waals surface area (Å²) in [6.07, 6.45) is 19.9. The Balaban J connectivity index is 0.942. The Labute approximate surface area is 450 Å². The standard InChI is InChI=1S/C72H51N3OS/c1-45-37-52(55-42-53(48-21-8-3-9-22-48)41-54(43-55)49-23-10-4-11-24-49)44-62-68-71(77-70(45)62)67(60-32-17-31-59-58-29-14-15-34-65(58)76-69(59)60)73-72(74-68)51-26-16-25-50(40-51)57-30-18-33-64-66(57)61-39-47(38-46-19-6-2-7-20-46)35-36-63(61)75(64)56-27-12-5-13-28-56/h2-12,14-19,21-27,29-37,39-44,46H,13,20,28,38H2,1H3. The van der Waals surface area contributed by atoms with Crippen molar-refractivity contribution in [2.24, 2.45) is 5.92 Å². The summed E-state index contributed by atoms with van der Waals surface area (Å²) in [6, 6.07) is 70.8. The summed E-state index contributed by atoms with van der Waals surface area (Å²) < 4.78 is 11.5. The molecule has 0 N–H and O–H groups in total. The molecule has 0 bridgehead atoms. The number of allylic oxidation sites excluding steroid dienone is 8. The molecule has 0 amide bonds. The van der Waals surface area contributed by atoms with Gasteiger partial charge in [-0.25, -0.2) is 9.97 Å². The monoisotopic (exact) mass is 1010 g/mol. The first-order chi connectivity index (χ1) is 38.1. The second-order valence-corrected chi connectivity index (χ2v) is 21.8. The molecule has 2 aliphatic carbocycles. The molecule has 0 radical (unpaired) electrons. The molecule has 5 heteroatoms. The van der Waals surface area contributed by atoms with Gasteiger partial charge in [-0.2, -0.15) is 0 Å². The Bertz CT molecular complexity index is 4580. The number of furan rings is 1. The van der Waals surface area contributed by atoms with Gasteiger partial charge in [0.05, 0.1) is 26.9 Å². The summed E-state index contributed by atoms with van der Waals surface area (Å²) >= 11 is 1.78. The first kappa shape index (κ1) is 45.3. The molecular weight excluding hydrogens is 955 g/mol. The van der Waals surface area contributed by atoms with Crippen molar-refractivity contribution in [2.75, 3.05) is 0 Å². The van der Waals surface area contributed by atoms with Crippen LogP contribution in [-0.4, -0.2) is 14.5 Å². The van der Waals surface area contributed by atoms with Gasteiger partial charge in [-0.3, -0.25) is 0 Å². The highest BCUT2D eigenvalue weighted by molar-refractivity contribution is 7.26. The van der Waals surface area contributed by atoms with Crippen LogP contribution >= 0.6 is 11.3 Å². The van der Waals surface area contributed by atoms with E-state index in [2.05, 4.69) is 242 Å². The number of aromatic nitrogens is 3. The highest BCUT2D eigenvalue weighted by Crippen LogP contribution is 2.47. The predicted octanol–water partition coefficient (Wildman–Crippen LogP) is 20.0. The zero-order valence-electron chi connectivity index (χ0n) is 42.6. The van der Waals surface area contributed by atoms with Crippen LogP contribution in [0.25, 0.3) is 137 Å². The summed E-state index contributed by atoms with van der Waals surface area (Å²) in [5, 5.41) is 5.83. The Hall–Kier alpha value is -9.16. The molecule has 0 aliphatic heterocycles. The Morgan fingerprint density at radius 3 is 2.03 bits per heavy atom. The van der Waals surface area contributed by atoms with Crippen LogP contribution in [0.5, 0.6) is 0 Å². The lowest BCUT2D eigenvalue weighted by Crippen LogP contribution is -2.02. The number of fused-ring (bicyclic) bond motifs is 9. The maximum atomic E-state index is 6.78. The molecule has 0 fully saturated rings. The number of para-hydroxylation sites is 2. The van der Waals surface area contributed by atoms with E-state index in [-0.39, 0.29) is 0 Å². The average molecular weight is 1010 g/mol. The molecule has 366 valence electrons. The maximum absolute atomic E-state index is 6.78. The largest absolute Gasteiger partial charge is 0.455 e. The van der Waals surface area contributed by atoms with Gasteiger partial charge in [0.2, 0.25) is 0 Å². The number of hydrogen-bond donors (Lipinski definition) is 0. The van der Waals surface area contributed by atoms with E-state index >= 15 is 0 Å². The fourth-order valence-electron chi connectivity index (χ4n) is 12.2. The molecule has 0 spiro atoms. The van der Waals surface area contributed by atoms with Gasteiger partial charge < -0.3 is 8.98 Å². The summed E-state index contributed by atoms with van der Waals surface area (Å²) in [4.78, 5) is 11.3. The van der Waals surface area contributed by atoms with E-state index in [1.807, 2.05) is 6.07 Å². The Morgan fingerprint density at radius 2 is 1.23 bits per heavy atom. The molecule has 4 aromatic heterocycles. The molecule has 1 unspecified atom stereocenters. The molecule has 0 saturated carbocycles. The molecule has 4 heterocycles.